The van der Waals surface area contributed by atoms with E-state index in [9.17, 15) is 13.2 Å². The number of hydrogen-bond acceptors (Lipinski definition) is 6. The number of rotatable bonds is 8. The topological polar surface area (TPSA) is 111 Å². The summed E-state index contributed by atoms with van der Waals surface area (Å²) in [5.41, 5.74) is 1.74. The van der Waals surface area contributed by atoms with Gasteiger partial charge in [-0.3, -0.25) is 4.79 Å². The van der Waals surface area contributed by atoms with Crippen LogP contribution in [0.5, 0.6) is 5.88 Å². The van der Waals surface area contributed by atoms with Gasteiger partial charge in [0.05, 0.1) is 24.8 Å². The van der Waals surface area contributed by atoms with E-state index in [4.69, 9.17) is 9.15 Å². The van der Waals surface area contributed by atoms with Crippen LogP contribution < -0.4 is 14.8 Å². The fraction of sp³-hybridized carbons (Fsp3) is 0.200. The third kappa shape index (κ3) is 5.21. The van der Waals surface area contributed by atoms with Crippen molar-refractivity contribution in [1.82, 2.24) is 15.0 Å². The lowest BCUT2D eigenvalue weighted by molar-refractivity contribution is 0.0950. The molecule has 0 saturated heterocycles. The van der Waals surface area contributed by atoms with Crippen LogP contribution in [0.3, 0.4) is 0 Å². The van der Waals surface area contributed by atoms with Gasteiger partial charge in [0.1, 0.15) is 5.76 Å². The molecule has 1 aromatic carbocycles. The highest BCUT2D eigenvalue weighted by molar-refractivity contribution is 7.89. The predicted molar refractivity (Wildman–Crippen MR) is 106 cm³/mol. The number of sulfonamides is 1. The maximum absolute atomic E-state index is 12.6. The zero-order valence-corrected chi connectivity index (χ0v) is 16.8. The molecule has 0 aliphatic carbocycles. The fourth-order valence-electron chi connectivity index (χ4n) is 2.59. The monoisotopic (exact) mass is 415 g/mol. The van der Waals surface area contributed by atoms with Crippen molar-refractivity contribution in [1.29, 1.82) is 0 Å². The second-order valence-electron chi connectivity index (χ2n) is 6.27. The van der Waals surface area contributed by atoms with Crippen molar-refractivity contribution in [2.75, 3.05) is 7.11 Å². The Morgan fingerprint density at radius 2 is 2.00 bits per heavy atom. The number of benzene rings is 1. The van der Waals surface area contributed by atoms with Gasteiger partial charge >= 0.3 is 0 Å². The number of amides is 1. The van der Waals surface area contributed by atoms with Gasteiger partial charge < -0.3 is 14.5 Å². The van der Waals surface area contributed by atoms with Crippen molar-refractivity contribution in [3.8, 4) is 5.88 Å². The molecule has 0 bridgehead atoms. The first-order chi connectivity index (χ1) is 13.9. The fourth-order valence-corrected chi connectivity index (χ4v) is 3.61. The lowest BCUT2D eigenvalue weighted by Gasteiger charge is -2.11. The predicted octanol–water partition coefficient (Wildman–Crippen LogP) is 2.40. The minimum atomic E-state index is -3.80. The lowest BCUT2D eigenvalue weighted by Crippen LogP contribution is -2.26. The summed E-state index contributed by atoms with van der Waals surface area (Å²) in [4.78, 5) is 16.7. The summed E-state index contributed by atoms with van der Waals surface area (Å²) >= 11 is 0. The zero-order valence-electron chi connectivity index (χ0n) is 16.0. The third-order valence-corrected chi connectivity index (χ3v) is 5.64. The van der Waals surface area contributed by atoms with Crippen LogP contribution in [0, 0.1) is 6.92 Å². The molecule has 9 heteroatoms. The maximum atomic E-state index is 12.6. The molecule has 0 fully saturated rings. The Balaban J connectivity index is 1.70. The minimum Gasteiger partial charge on any atom is -0.481 e. The normalized spacial score (nSPS) is 11.2. The number of hydrogen-bond donors (Lipinski definition) is 2. The first kappa shape index (κ1) is 20.6. The van der Waals surface area contributed by atoms with E-state index in [2.05, 4.69) is 15.0 Å². The molecule has 1 amide bonds. The van der Waals surface area contributed by atoms with E-state index in [1.807, 2.05) is 0 Å². The van der Waals surface area contributed by atoms with Crippen molar-refractivity contribution < 1.29 is 22.4 Å². The van der Waals surface area contributed by atoms with Gasteiger partial charge in [0.2, 0.25) is 15.9 Å². The number of ether oxygens (including phenoxy) is 1. The molecule has 0 unspecified atom stereocenters. The Bertz CT molecular complexity index is 1080. The Kier molecular flexibility index (Phi) is 6.30. The average Bonchev–Trinajstić information content (AvgIpc) is 3.25. The second kappa shape index (κ2) is 8.89. The highest BCUT2D eigenvalue weighted by atomic mass is 32.2. The number of furan rings is 1. The van der Waals surface area contributed by atoms with E-state index < -0.39 is 10.0 Å². The summed E-state index contributed by atoms with van der Waals surface area (Å²) in [6.07, 6.45) is 3.07. The van der Waals surface area contributed by atoms with Crippen LogP contribution in [0.25, 0.3) is 0 Å². The molecular weight excluding hydrogens is 394 g/mol. The summed E-state index contributed by atoms with van der Waals surface area (Å²) in [6.45, 7) is 2.02. The van der Waals surface area contributed by atoms with Gasteiger partial charge in [-0.25, -0.2) is 18.1 Å². The first-order valence-corrected chi connectivity index (χ1v) is 10.3. The summed E-state index contributed by atoms with van der Waals surface area (Å²) in [5.74, 6) is 0.601. The van der Waals surface area contributed by atoms with E-state index in [1.165, 1.54) is 25.5 Å². The standard InChI is InChI=1S/C20H21N3O5S/c1-14-5-7-17(29(25,26)23-13-16-4-3-9-28-16)10-18(14)20(24)22-12-15-6-8-19(27-2)21-11-15/h3-11,23H,12-13H2,1-2H3,(H,22,24). The van der Waals surface area contributed by atoms with Crippen LogP contribution in [0.4, 0.5) is 0 Å². The van der Waals surface area contributed by atoms with E-state index in [1.54, 1.807) is 43.5 Å². The van der Waals surface area contributed by atoms with Crippen LogP contribution >= 0.6 is 0 Å². The SMILES string of the molecule is COc1ccc(CNC(=O)c2cc(S(=O)(=O)NCc3ccco3)ccc2C)cn1. The Morgan fingerprint density at radius 1 is 1.17 bits per heavy atom. The van der Waals surface area contributed by atoms with Crippen LogP contribution in [-0.4, -0.2) is 26.4 Å². The summed E-state index contributed by atoms with van der Waals surface area (Å²) in [7, 11) is -2.27. The number of aryl methyl sites for hydroxylation is 1. The number of aromatic nitrogens is 1. The van der Waals surface area contributed by atoms with Crippen molar-refractivity contribution in [3.63, 3.8) is 0 Å². The smallest absolute Gasteiger partial charge is 0.251 e. The van der Waals surface area contributed by atoms with Gasteiger partial charge in [0.25, 0.3) is 5.91 Å². The van der Waals surface area contributed by atoms with Gasteiger partial charge in [0, 0.05) is 24.4 Å². The molecule has 0 radical (unpaired) electrons. The second-order valence-corrected chi connectivity index (χ2v) is 8.04. The summed E-state index contributed by atoms with van der Waals surface area (Å²) < 4.78 is 37.7. The molecule has 0 atom stereocenters. The molecule has 2 N–H and O–H groups in total. The Morgan fingerprint density at radius 3 is 2.66 bits per heavy atom. The number of methoxy groups -OCH3 is 1. The zero-order chi connectivity index (χ0) is 20.9. The van der Waals surface area contributed by atoms with Crippen LogP contribution in [0.1, 0.15) is 27.2 Å². The summed E-state index contributed by atoms with van der Waals surface area (Å²) in [5, 5.41) is 2.78. The van der Waals surface area contributed by atoms with Crippen molar-refractivity contribution >= 4 is 15.9 Å². The molecule has 3 rings (SSSR count). The molecule has 3 aromatic rings. The van der Waals surface area contributed by atoms with Crippen molar-refractivity contribution in [2.45, 2.75) is 24.9 Å². The molecular formula is C20H21N3O5S. The van der Waals surface area contributed by atoms with Crippen molar-refractivity contribution in [2.24, 2.45) is 0 Å². The molecule has 0 aliphatic heterocycles. The van der Waals surface area contributed by atoms with Crippen LogP contribution in [0.15, 0.2) is 64.2 Å². The molecule has 8 nitrogen and oxygen atoms in total. The number of carbonyl (C=O) groups is 1. The quantitative estimate of drug-likeness (QED) is 0.585. The Labute approximate surface area is 169 Å². The molecule has 0 saturated carbocycles. The van der Waals surface area contributed by atoms with E-state index in [0.717, 1.165) is 5.56 Å². The van der Waals surface area contributed by atoms with E-state index in [0.29, 0.717) is 17.2 Å². The Hall–Kier alpha value is -3.17. The highest BCUT2D eigenvalue weighted by Crippen LogP contribution is 2.17. The first-order valence-electron chi connectivity index (χ1n) is 8.79. The molecule has 2 heterocycles. The van der Waals surface area contributed by atoms with Gasteiger partial charge in [-0.2, -0.15) is 0 Å². The average molecular weight is 415 g/mol. The summed E-state index contributed by atoms with van der Waals surface area (Å²) in [6, 6.07) is 11.3. The van der Waals surface area contributed by atoms with Gasteiger partial charge in [-0.15, -0.1) is 0 Å². The maximum Gasteiger partial charge on any atom is 0.251 e. The number of carbonyl (C=O) groups excluding carboxylic acids is 1. The highest BCUT2D eigenvalue weighted by Gasteiger charge is 2.18. The minimum absolute atomic E-state index is 0.00548. The van der Waals surface area contributed by atoms with Gasteiger partial charge in [-0.05, 0) is 42.3 Å². The van der Waals surface area contributed by atoms with E-state index >= 15 is 0 Å². The number of nitrogens with one attached hydrogen (secondary N) is 2. The van der Waals surface area contributed by atoms with E-state index in [-0.39, 0.29) is 29.5 Å². The van der Waals surface area contributed by atoms with Crippen molar-refractivity contribution in [3.05, 3.63) is 77.4 Å². The number of nitrogens with zero attached hydrogens (tertiary/aromatic N) is 1. The third-order valence-electron chi connectivity index (χ3n) is 4.24. The molecule has 0 spiro atoms. The van der Waals surface area contributed by atoms with Gasteiger partial charge in [-0.1, -0.05) is 12.1 Å². The molecule has 29 heavy (non-hydrogen) atoms. The van der Waals surface area contributed by atoms with Crippen LogP contribution in [0.2, 0.25) is 0 Å². The number of pyridine rings is 1. The largest absolute Gasteiger partial charge is 0.481 e. The molecule has 2 aromatic heterocycles. The van der Waals surface area contributed by atoms with Gasteiger partial charge in [0.15, 0.2) is 0 Å². The lowest BCUT2D eigenvalue weighted by atomic mass is 10.1. The van der Waals surface area contributed by atoms with Crippen LogP contribution in [-0.2, 0) is 23.1 Å². The molecule has 152 valence electrons. The molecule has 0 aliphatic rings.